The predicted octanol–water partition coefficient (Wildman–Crippen LogP) is 6.06. The van der Waals surface area contributed by atoms with Crippen molar-refractivity contribution in [2.75, 3.05) is 18.5 Å². The Hall–Kier alpha value is -3.93. The van der Waals surface area contributed by atoms with Crippen LogP contribution in [0.5, 0.6) is 11.5 Å². The van der Waals surface area contributed by atoms with Crippen LogP contribution in [0.3, 0.4) is 0 Å². The second kappa shape index (κ2) is 14.5. The number of ether oxygens (including phenoxy) is 3. The van der Waals surface area contributed by atoms with Gasteiger partial charge in [0.25, 0.3) is 0 Å². The van der Waals surface area contributed by atoms with Gasteiger partial charge < -0.3 is 19.5 Å². The molecule has 226 valence electrons. The van der Waals surface area contributed by atoms with Crippen molar-refractivity contribution in [2.24, 2.45) is 11.0 Å². The summed E-state index contributed by atoms with van der Waals surface area (Å²) in [6, 6.07) is 9.04. The minimum absolute atomic E-state index is 0.131. The van der Waals surface area contributed by atoms with Gasteiger partial charge in [0.1, 0.15) is 5.00 Å². The lowest BCUT2D eigenvalue weighted by atomic mass is 9.88. The number of rotatable bonds is 9. The van der Waals surface area contributed by atoms with Gasteiger partial charge >= 0.3 is 23.8 Å². The molecular formula is C30H29Cl2N3O7S. The van der Waals surface area contributed by atoms with E-state index in [2.05, 4.69) is 22.8 Å². The number of anilines is 1. The largest absolute Gasteiger partial charge is 0.490 e. The number of hydrazone groups is 1. The average Bonchev–Trinajstić information content (AvgIpc) is 3.31. The molecule has 1 aliphatic rings. The number of hydrogen-bond acceptors (Lipinski definition) is 9. The van der Waals surface area contributed by atoms with Gasteiger partial charge in [0.2, 0.25) is 0 Å². The predicted molar refractivity (Wildman–Crippen MR) is 165 cm³/mol. The number of thiophene rings is 1. The summed E-state index contributed by atoms with van der Waals surface area (Å²) in [6.45, 7) is 6.07. The Morgan fingerprint density at radius 1 is 1.02 bits per heavy atom. The maximum Gasteiger partial charge on any atom is 0.345 e. The zero-order valence-electron chi connectivity index (χ0n) is 23.6. The topological polar surface area (TPSA) is 132 Å². The molecule has 43 heavy (non-hydrogen) atoms. The molecule has 0 saturated heterocycles. The number of fused-ring (bicyclic) bond motifs is 1. The van der Waals surface area contributed by atoms with Crippen molar-refractivity contribution >= 4 is 69.5 Å². The molecule has 0 fully saturated rings. The summed E-state index contributed by atoms with van der Waals surface area (Å²) in [5, 5.41) is 7.22. The minimum atomic E-state index is -1.03. The molecule has 2 N–H and O–H groups in total. The first-order valence-corrected chi connectivity index (χ1v) is 15.1. The van der Waals surface area contributed by atoms with Gasteiger partial charge in [-0.25, -0.2) is 15.0 Å². The van der Waals surface area contributed by atoms with E-state index in [0.29, 0.717) is 28.5 Å². The van der Waals surface area contributed by atoms with Crippen LogP contribution in [0, 0.1) is 5.92 Å². The molecule has 1 atom stereocenters. The van der Waals surface area contributed by atoms with Crippen LogP contribution in [0.1, 0.15) is 63.9 Å². The second-order valence-corrected chi connectivity index (χ2v) is 11.5. The zero-order valence-corrected chi connectivity index (χ0v) is 26.0. The summed E-state index contributed by atoms with van der Waals surface area (Å²) in [5.41, 5.74) is 3.97. The van der Waals surface area contributed by atoms with Gasteiger partial charge in [-0.2, -0.15) is 5.10 Å². The smallest absolute Gasteiger partial charge is 0.345 e. The maximum atomic E-state index is 12.7. The molecule has 0 spiro atoms. The van der Waals surface area contributed by atoms with Crippen LogP contribution >= 0.6 is 34.5 Å². The van der Waals surface area contributed by atoms with Gasteiger partial charge in [-0.05, 0) is 86.6 Å². The standard InChI is InChI=1S/C30H29Cl2N3O7S/c1-4-40-23-13-17(7-11-22(23)42-29(38)19-10-8-18(31)14-21(19)32)15-33-35-27(37)26(36)34-28-25(30(39)41-5-2)20-9-6-16(3)12-24(20)43-28/h7-8,10-11,13-16H,4-6,9,12H2,1-3H3,(H,34,36)(H,35,37)/b33-15-/t16-/m0/s1. The molecule has 0 radical (unpaired) electrons. The first-order chi connectivity index (χ1) is 20.6. The molecule has 10 nitrogen and oxygen atoms in total. The van der Waals surface area contributed by atoms with E-state index in [1.165, 1.54) is 41.8 Å². The van der Waals surface area contributed by atoms with Gasteiger partial charge in [-0.1, -0.05) is 30.1 Å². The monoisotopic (exact) mass is 645 g/mol. The van der Waals surface area contributed by atoms with E-state index in [9.17, 15) is 19.2 Å². The fraction of sp³-hybridized carbons (Fsp3) is 0.300. The second-order valence-electron chi connectivity index (χ2n) is 9.58. The highest BCUT2D eigenvalue weighted by atomic mass is 35.5. The Balaban J connectivity index is 1.42. The lowest BCUT2D eigenvalue weighted by Gasteiger charge is -2.18. The number of esters is 2. The van der Waals surface area contributed by atoms with Crippen LogP contribution in [-0.4, -0.2) is 43.2 Å². The normalized spacial score (nSPS) is 14.1. The van der Waals surface area contributed by atoms with Crippen molar-refractivity contribution in [1.82, 2.24) is 5.43 Å². The lowest BCUT2D eigenvalue weighted by molar-refractivity contribution is -0.136. The summed E-state index contributed by atoms with van der Waals surface area (Å²) in [6.07, 6.45) is 3.70. The van der Waals surface area contributed by atoms with E-state index in [4.69, 9.17) is 37.4 Å². The number of hydrogen-bond donors (Lipinski definition) is 2. The molecule has 1 aromatic heterocycles. The maximum absolute atomic E-state index is 12.7. The lowest BCUT2D eigenvalue weighted by Crippen LogP contribution is -2.32. The van der Waals surface area contributed by atoms with E-state index in [-0.39, 0.29) is 40.3 Å². The molecule has 13 heteroatoms. The Kier molecular flexibility index (Phi) is 10.8. The molecular weight excluding hydrogens is 617 g/mol. The Morgan fingerprint density at radius 2 is 1.81 bits per heavy atom. The number of nitrogens with zero attached hydrogens (tertiary/aromatic N) is 1. The molecule has 2 aromatic carbocycles. The summed E-state index contributed by atoms with van der Waals surface area (Å²) < 4.78 is 16.3. The van der Waals surface area contributed by atoms with E-state index in [1.54, 1.807) is 26.0 Å². The third-order valence-corrected chi connectivity index (χ3v) is 8.14. The molecule has 0 bridgehead atoms. The third-order valence-electron chi connectivity index (χ3n) is 6.43. The van der Waals surface area contributed by atoms with Crippen molar-refractivity contribution in [1.29, 1.82) is 0 Å². The SMILES string of the molecule is CCOC(=O)c1c(NC(=O)C(=O)N/N=C\c2ccc(OC(=O)c3ccc(Cl)cc3Cl)c(OCC)c2)sc2c1CC[C@H](C)C2. The number of carbonyl (C=O) groups excluding carboxylic acids is 4. The quantitative estimate of drug-likeness (QED) is 0.0950. The zero-order chi connectivity index (χ0) is 31.1. The van der Waals surface area contributed by atoms with Gasteiger partial charge in [0.15, 0.2) is 11.5 Å². The van der Waals surface area contributed by atoms with Crippen LogP contribution in [0.25, 0.3) is 0 Å². The van der Waals surface area contributed by atoms with E-state index < -0.39 is 23.8 Å². The number of benzene rings is 2. The van der Waals surface area contributed by atoms with Gasteiger partial charge in [-0.3, -0.25) is 9.59 Å². The van der Waals surface area contributed by atoms with Gasteiger partial charge in [-0.15, -0.1) is 11.3 Å². The number of nitrogens with one attached hydrogen (secondary N) is 2. The Labute approximate surface area is 262 Å². The molecule has 3 aromatic rings. The minimum Gasteiger partial charge on any atom is -0.490 e. The van der Waals surface area contributed by atoms with E-state index in [1.807, 2.05) is 0 Å². The Morgan fingerprint density at radius 3 is 2.53 bits per heavy atom. The molecule has 0 unspecified atom stereocenters. The fourth-order valence-corrected chi connectivity index (χ4v) is 6.28. The van der Waals surface area contributed by atoms with Gasteiger partial charge in [0.05, 0.1) is 35.6 Å². The highest BCUT2D eigenvalue weighted by molar-refractivity contribution is 7.17. The first-order valence-electron chi connectivity index (χ1n) is 13.5. The molecule has 0 aliphatic heterocycles. The summed E-state index contributed by atoms with van der Waals surface area (Å²) in [5.74, 6) is -2.39. The van der Waals surface area contributed by atoms with Crippen molar-refractivity contribution < 1.29 is 33.4 Å². The molecule has 2 amide bonds. The van der Waals surface area contributed by atoms with Gasteiger partial charge in [0, 0.05) is 9.90 Å². The number of amides is 2. The Bertz CT molecular complexity index is 1590. The summed E-state index contributed by atoms with van der Waals surface area (Å²) >= 11 is 13.3. The van der Waals surface area contributed by atoms with Crippen molar-refractivity contribution in [2.45, 2.75) is 40.0 Å². The van der Waals surface area contributed by atoms with Crippen LogP contribution < -0.4 is 20.2 Å². The first kappa shape index (κ1) is 32.0. The highest BCUT2D eigenvalue weighted by Gasteiger charge is 2.30. The summed E-state index contributed by atoms with van der Waals surface area (Å²) in [4.78, 5) is 51.5. The number of carbonyl (C=O) groups is 4. The summed E-state index contributed by atoms with van der Waals surface area (Å²) in [7, 11) is 0. The molecule has 1 aliphatic carbocycles. The van der Waals surface area contributed by atoms with Crippen LogP contribution in [-0.2, 0) is 27.2 Å². The van der Waals surface area contributed by atoms with E-state index in [0.717, 1.165) is 23.3 Å². The fourth-order valence-electron chi connectivity index (χ4n) is 4.40. The van der Waals surface area contributed by atoms with Crippen LogP contribution in [0.4, 0.5) is 5.00 Å². The molecule has 1 heterocycles. The average molecular weight is 647 g/mol. The van der Waals surface area contributed by atoms with E-state index >= 15 is 0 Å². The number of halogens is 2. The molecule has 0 saturated carbocycles. The highest BCUT2D eigenvalue weighted by Crippen LogP contribution is 2.40. The van der Waals surface area contributed by atoms with Crippen LogP contribution in [0.2, 0.25) is 10.0 Å². The third kappa shape index (κ3) is 7.92. The van der Waals surface area contributed by atoms with Crippen molar-refractivity contribution in [3.05, 3.63) is 73.6 Å². The van der Waals surface area contributed by atoms with Crippen LogP contribution in [0.15, 0.2) is 41.5 Å². The molecule has 4 rings (SSSR count). The van der Waals surface area contributed by atoms with Crippen molar-refractivity contribution in [3.8, 4) is 11.5 Å². The van der Waals surface area contributed by atoms with Crippen molar-refractivity contribution in [3.63, 3.8) is 0 Å².